The van der Waals surface area contributed by atoms with Crippen LogP contribution >= 0.6 is 0 Å². The van der Waals surface area contributed by atoms with Crippen LogP contribution < -0.4 is 15.8 Å². The molecule has 0 saturated heterocycles. The highest BCUT2D eigenvalue weighted by Gasteiger charge is 2.32. The molecule has 0 saturated carbocycles. The molecule has 0 bridgehead atoms. The first kappa shape index (κ1) is 17.3. The summed E-state index contributed by atoms with van der Waals surface area (Å²) >= 11 is 0. The molecule has 0 spiro atoms. The summed E-state index contributed by atoms with van der Waals surface area (Å²) in [5, 5.41) is 2.45. The number of rotatable bonds is 6. The van der Waals surface area contributed by atoms with E-state index in [0.717, 1.165) is 6.07 Å². The number of anilines is 1. The molecule has 1 amide bonds. The van der Waals surface area contributed by atoms with Crippen LogP contribution in [0.2, 0.25) is 0 Å². The Kier molecular flexibility index (Phi) is 6.02. The van der Waals surface area contributed by atoms with Gasteiger partial charge in [0.25, 0.3) is 0 Å². The number of ether oxygens (including phenoxy) is 1. The molecular weight excluding hydrogens is 285 g/mol. The van der Waals surface area contributed by atoms with Crippen LogP contribution in [0.1, 0.15) is 20.3 Å². The fourth-order valence-electron chi connectivity index (χ4n) is 1.90. The zero-order chi connectivity index (χ0) is 16.0. The molecule has 1 aromatic carbocycles. The van der Waals surface area contributed by atoms with Gasteiger partial charge in [-0.1, -0.05) is 26.0 Å². The highest BCUT2D eigenvalue weighted by atomic mass is 19.4. The molecule has 0 aliphatic carbocycles. The average molecular weight is 304 g/mol. The third-order valence-corrected chi connectivity index (χ3v) is 2.78. The van der Waals surface area contributed by atoms with E-state index in [9.17, 15) is 18.0 Å². The first-order valence-corrected chi connectivity index (χ1v) is 6.58. The number of nitrogens with two attached hydrogens (primary N) is 1. The number of hydrogen-bond acceptors (Lipinski definition) is 3. The van der Waals surface area contributed by atoms with Gasteiger partial charge in [0.2, 0.25) is 5.91 Å². The number of nitrogens with one attached hydrogen (secondary N) is 1. The van der Waals surface area contributed by atoms with Crippen molar-refractivity contribution in [3.8, 4) is 5.75 Å². The van der Waals surface area contributed by atoms with Crippen LogP contribution in [0.15, 0.2) is 24.3 Å². The lowest BCUT2D eigenvalue weighted by Crippen LogP contribution is -2.30. The van der Waals surface area contributed by atoms with E-state index >= 15 is 0 Å². The van der Waals surface area contributed by atoms with Gasteiger partial charge in [0.1, 0.15) is 0 Å². The van der Waals surface area contributed by atoms with Gasteiger partial charge in [-0.2, -0.15) is 0 Å². The highest BCUT2D eigenvalue weighted by molar-refractivity contribution is 5.94. The van der Waals surface area contributed by atoms with Crippen LogP contribution in [0, 0.1) is 11.8 Å². The van der Waals surface area contributed by atoms with Gasteiger partial charge in [-0.25, -0.2) is 0 Å². The molecule has 0 aliphatic rings. The number of para-hydroxylation sites is 2. The third kappa shape index (κ3) is 6.03. The van der Waals surface area contributed by atoms with E-state index in [2.05, 4.69) is 10.1 Å². The van der Waals surface area contributed by atoms with Crippen molar-refractivity contribution in [1.82, 2.24) is 0 Å². The van der Waals surface area contributed by atoms with E-state index in [1.54, 1.807) is 0 Å². The maximum Gasteiger partial charge on any atom is 0.573 e. The predicted molar refractivity (Wildman–Crippen MR) is 73.8 cm³/mol. The normalized spacial score (nSPS) is 13.1. The highest BCUT2D eigenvalue weighted by Crippen LogP contribution is 2.30. The average Bonchev–Trinajstić information content (AvgIpc) is 2.36. The summed E-state index contributed by atoms with van der Waals surface area (Å²) in [6, 6.07) is 5.40. The van der Waals surface area contributed by atoms with Crippen molar-refractivity contribution in [2.24, 2.45) is 17.6 Å². The summed E-state index contributed by atoms with van der Waals surface area (Å²) in [6.45, 7) is 4.01. The minimum Gasteiger partial charge on any atom is -0.404 e. The second kappa shape index (κ2) is 7.31. The lowest BCUT2D eigenvalue weighted by Gasteiger charge is -2.18. The van der Waals surface area contributed by atoms with Crippen LogP contribution in [0.5, 0.6) is 5.75 Å². The van der Waals surface area contributed by atoms with E-state index in [0.29, 0.717) is 6.42 Å². The zero-order valence-corrected chi connectivity index (χ0v) is 11.9. The van der Waals surface area contributed by atoms with Crippen molar-refractivity contribution in [3.63, 3.8) is 0 Å². The molecule has 0 radical (unpaired) electrons. The molecule has 118 valence electrons. The SMILES string of the molecule is CC(C)CC(CN)C(=O)Nc1ccccc1OC(F)(F)F. The van der Waals surface area contributed by atoms with Gasteiger partial charge in [0, 0.05) is 6.54 Å². The standard InChI is InChI=1S/C14H19F3N2O2/c1-9(2)7-10(8-18)13(20)19-11-5-3-4-6-12(11)21-14(15,16)17/h3-6,9-10H,7-8,18H2,1-2H3,(H,19,20). The van der Waals surface area contributed by atoms with Gasteiger partial charge in [-0.15, -0.1) is 13.2 Å². The fourth-order valence-corrected chi connectivity index (χ4v) is 1.90. The Labute approximate surface area is 121 Å². The summed E-state index contributed by atoms with van der Waals surface area (Å²) in [5.74, 6) is -1.06. The van der Waals surface area contributed by atoms with Gasteiger partial charge in [-0.05, 0) is 24.5 Å². The third-order valence-electron chi connectivity index (χ3n) is 2.78. The number of carbonyl (C=O) groups is 1. The Morgan fingerprint density at radius 2 is 1.95 bits per heavy atom. The van der Waals surface area contributed by atoms with Gasteiger partial charge >= 0.3 is 6.36 Å². The quantitative estimate of drug-likeness (QED) is 0.848. The first-order valence-electron chi connectivity index (χ1n) is 6.58. The van der Waals surface area contributed by atoms with Crippen LogP contribution in [-0.4, -0.2) is 18.8 Å². The molecule has 0 aliphatic heterocycles. The summed E-state index contributed by atoms with van der Waals surface area (Å²) in [7, 11) is 0. The predicted octanol–water partition coefficient (Wildman–Crippen LogP) is 3.14. The molecule has 0 aromatic heterocycles. The Bertz CT molecular complexity index is 476. The summed E-state index contributed by atoms with van der Waals surface area (Å²) in [5.41, 5.74) is 5.52. The molecule has 0 fully saturated rings. The van der Waals surface area contributed by atoms with E-state index in [1.807, 2.05) is 13.8 Å². The Morgan fingerprint density at radius 3 is 2.48 bits per heavy atom. The zero-order valence-electron chi connectivity index (χ0n) is 11.9. The number of amides is 1. The first-order chi connectivity index (χ1) is 9.73. The molecule has 1 atom stereocenters. The smallest absolute Gasteiger partial charge is 0.404 e. The lowest BCUT2D eigenvalue weighted by molar-refractivity contribution is -0.274. The molecule has 1 unspecified atom stereocenters. The van der Waals surface area contributed by atoms with Crippen molar-refractivity contribution in [2.75, 3.05) is 11.9 Å². The van der Waals surface area contributed by atoms with Crippen LogP contribution in [0.4, 0.5) is 18.9 Å². The van der Waals surface area contributed by atoms with E-state index in [4.69, 9.17) is 5.73 Å². The number of benzene rings is 1. The van der Waals surface area contributed by atoms with Gasteiger partial charge in [0.05, 0.1) is 11.6 Å². The molecule has 0 heterocycles. The van der Waals surface area contributed by atoms with Gasteiger partial charge in [0.15, 0.2) is 5.75 Å². The molecular formula is C14H19F3N2O2. The van der Waals surface area contributed by atoms with Gasteiger partial charge < -0.3 is 15.8 Å². The topological polar surface area (TPSA) is 64.4 Å². The molecule has 1 aromatic rings. The Morgan fingerprint density at radius 1 is 1.33 bits per heavy atom. The van der Waals surface area contributed by atoms with Crippen LogP contribution in [0.3, 0.4) is 0 Å². The number of hydrogen-bond donors (Lipinski definition) is 2. The van der Waals surface area contributed by atoms with E-state index in [1.165, 1.54) is 18.2 Å². The van der Waals surface area contributed by atoms with Gasteiger partial charge in [-0.3, -0.25) is 4.79 Å². The van der Waals surface area contributed by atoms with Crippen molar-refractivity contribution in [2.45, 2.75) is 26.6 Å². The van der Waals surface area contributed by atoms with Crippen LogP contribution in [-0.2, 0) is 4.79 Å². The second-order valence-electron chi connectivity index (χ2n) is 5.10. The fraction of sp³-hybridized carbons (Fsp3) is 0.500. The molecule has 21 heavy (non-hydrogen) atoms. The molecule has 3 N–H and O–H groups in total. The van der Waals surface area contributed by atoms with E-state index in [-0.39, 0.29) is 18.2 Å². The second-order valence-corrected chi connectivity index (χ2v) is 5.10. The summed E-state index contributed by atoms with van der Waals surface area (Å²) < 4.78 is 40.8. The molecule has 4 nitrogen and oxygen atoms in total. The number of halogens is 3. The summed E-state index contributed by atoms with van der Waals surface area (Å²) in [4.78, 5) is 12.1. The Hall–Kier alpha value is -1.76. The number of carbonyl (C=O) groups excluding carboxylic acids is 1. The monoisotopic (exact) mass is 304 g/mol. The largest absolute Gasteiger partial charge is 0.573 e. The molecule has 7 heteroatoms. The Balaban J connectivity index is 2.84. The molecule has 1 rings (SSSR count). The summed E-state index contributed by atoms with van der Waals surface area (Å²) in [6.07, 6.45) is -4.25. The minimum atomic E-state index is -4.81. The minimum absolute atomic E-state index is 0.0259. The van der Waals surface area contributed by atoms with Crippen molar-refractivity contribution in [3.05, 3.63) is 24.3 Å². The van der Waals surface area contributed by atoms with Crippen molar-refractivity contribution >= 4 is 11.6 Å². The van der Waals surface area contributed by atoms with Crippen molar-refractivity contribution < 1.29 is 22.7 Å². The maximum absolute atomic E-state index is 12.3. The van der Waals surface area contributed by atoms with Crippen LogP contribution in [0.25, 0.3) is 0 Å². The van der Waals surface area contributed by atoms with Crippen molar-refractivity contribution in [1.29, 1.82) is 0 Å². The van der Waals surface area contributed by atoms with E-state index < -0.39 is 23.9 Å². The lowest BCUT2D eigenvalue weighted by atomic mass is 9.96. The number of alkyl halides is 3. The maximum atomic E-state index is 12.3.